The van der Waals surface area contributed by atoms with Gasteiger partial charge < -0.3 is 0 Å². The van der Waals surface area contributed by atoms with Crippen LogP contribution in [0.1, 0.15) is 12.6 Å². The Bertz CT molecular complexity index is 471. The van der Waals surface area contributed by atoms with E-state index in [0.29, 0.717) is 5.82 Å². The number of nitrogens with zero attached hydrogens (tertiary/aromatic N) is 3. The summed E-state index contributed by atoms with van der Waals surface area (Å²) < 4.78 is 1.40. The van der Waals surface area contributed by atoms with Crippen molar-refractivity contribution in [2.45, 2.75) is 13.3 Å². The van der Waals surface area contributed by atoms with Crippen LogP contribution >= 0.6 is 0 Å². The fourth-order valence-corrected chi connectivity index (χ4v) is 1.21. The zero-order valence-corrected chi connectivity index (χ0v) is 7.77. The zero-order valence-electron chi connectivity index (χ0n) is 7.77. The van der Waals surface area contributed by atoms with E-state index in [4.69, 9.17) is 0 Å². The molecule has 72 valence electrons. The van der Waals surface area contributed by atoms with Crippen molar-refractivity contribution < 1.29 is 0 Å². The van der Waals surface area contributed by atoms with Gasteiger partial charge in [0, 0.05) is 24.0 Å². The van der Waals surface area contributed by atoms with Gasteiger partial charge in [0.2, 0.25) is 0 Å². The van der Waals surface area contributed by atoms with Gasteiger partial charge in [-0.15, -0.1) is 0 Å². The first-order valence-electron chi connectivity index (χ1n) is 4.38. The Kier molecular flexibility index (Phi) is 2.14. The smallest absolute Gasteiger partial charge is 0.272 e. The second-order valence-electron chi connectivity index (χ2n) is 2.88. The Hall–Kier alpha value is -1.91. The van der Waals surface area contributed by atoms with Crippen LogP contribution in [-0.4, -0.2) is 19.7 Å². The largest absolute Gasteiger partial charge is 0.294 e. The third-order valence-electron chi connectivity index (χ3n) is 1.95. The van der Waals surface area contributed by atoms with Crippen molar-refractivity contribution >= 4 is 0 Å². The molecule has 5 nitrogen and oxygen atoms in total. The molecule has 0 aliphatic heterocycles. The molecule has 2 aromatic rings. The first-order valence-corrected chi connectivity index (χ1v) is 4.38. The summed E-state index contributed by atoms with van der Waals surface area (Å²) >= 11 is 0. The normalized spacial score (nSPS) is 10.4. The molecule has 0 atom stereocenters. The minimum absolute atomic E-state index is 0.0967. The predicted octanol–water partition coefficient (Wildman–Crippen LogP) is 0.518. The van der Waals surface area contributed by atoms with Gasteiger partial charge in [0.15, 0.2) is 5.82 Å². The van der Waals surface area contributed by atoms with Crippen LogP contribution in [0.5, 0.6) is 0 Å². The molecular weight excluding hydrogens is 180 g/mol. The highest BCUT2D eigenvalue weighted by Gasteiger charge is 2.03. The monoisotopic (exact) mass is 190 g/mol. The van der Waals surface area contributed by atoms with E-state index in [-0.39, 0.29) is 5.56 Å². The average Bonchev–Trinajstić information content (AvgIpc) is 2.61. The number of H-pyrrole nitrogens is 1. The highest BCUT2D eigenvalue weighted by molar-refractivity contribution is 5.18. The van der Waals surface area contributed by atoms with Crippen LogP contribution in [-0.2, 0) is 6.42 Å². The summed E-state index contributed by atoms with van der Waals surface area (Å²) in [6, 6.07) is 3.25. The van der Waals surface area contributed by atoms with E-state index in [1.165, 1.54) is 11.0 Å². The maximum absolute atomic E-state index is 11.5. The van der Waals surface area contributed by atoms with E-state index >= 15 is 0 Å². The number of aromatic nitrogens is 4. The standard InChI is InChI=1S/C9H10N4O/c1-2-7-5-9(14)13(12-7)8-3-4-10-6-11-8/h3-6,12H,2H2,1H3. The molecule has 14 heavy (non-hydrogen) atoms. The van der Waals surface area contributed by atoms with Gasteiger partial charge in [-0.25, -0.2) is 14.6 Å². The molecular formula is C9H10N4O. The molecule has 0 spiro atoms. The van der Waals surface area contributed by atoms with Crippen LogP contribution in [0.2, 0.25) is 0 Å². The molecule has 0 aromatic carbocycles. The summed E-state index contributed by atoms with van der Waals surface area (Å²) in [4.78, 5) is 19.2. The van der Waals surface area contributed by atoms with Crippen molar-refractivity contribution in [2.75, 3.05) is 0 Å². The molecule has 0 unspecified atom stereocenters. The first-order chi connectivity index (χ1) is 6.81. The third-order valence-corrected chi connectivity index (χ3v) is 1.95. The maximum atomic E-state index is 11.5. The molecule has 0 bridgehead atoms. The SMILES string of the molecule is CCc1cc(=O)n(-c2ccncn2)[nH]1. The Morgan fingerprint density at radius 1 is 1.57 bits per heavy atom. The average molecular weight is 190 g/mol. The predicted molar refractivity (Wildman–Crippen MR) is 51.4 cm³/mol. The second kappa shape index (κ2) is 3.45. The number of hydrogen-bond donors (Lipinski definition) is 1. The summed E-state index contributed by atoms with van der Waals surface area (Å²) in [5.74, 6) is 0.560. The molecule has 1 N–H and O–H groups in total. The molecule has 5 heteroatoms. The summed E-state index contributed by atoms with van der Waals surface area (Å²) in [6.07, 6.45) is 3.81. The molecule has 2 heterocycles. The fourth-order valence-electron chi connectivity index (χ4n) is 1.21. The topological polar surface area (TPSA) is 63.6 Å². The summed E-state index contributed by atoms with van der Waals surface area (Å²) in [6.45, 7) is 1.98. The molecule has 0 radical (unpaired) electrons. The van der Waals surface area contributed by atoms with Crippen LogP contribution in [0.15, 0.2) is 29.5 Å². The van der Waals surface area contributed by atoms with Crippen LogP contribution < -0.4 is 5.56 Å². The van der Waals surface area contributed by atoms with Gasteiger partial charge in [-0.05, 0) is 6.42 Å². The van der Waals surface area contributed by atoms with Gasteiger partial charge in [0.1, 0.15) is 6.33 Å². The van der Waals surface area contributed by atoms with Crippen LogP contribution in [0, 0.1) is 0 Å². The first kappa shape index (κ1) is 8.68. The van der Waals surface area contributed by atoms with E-state index in [9.17, 15) is 4.79 Å². The molecule has 0 fully saturated rings. The number of hydrogen-bond acceptors (Lipinski definition) is 3. The Balaban J connectivity index is 2.52. The van der Waals surface area contributed by atoms with Crippen LogP contribution in [0.4, 0.5) is 0 Å². The Morgan fingerprint density at radius 2 is 2.43 bits per heavy atom. The van der Waals surface area contributed by atoms with Crippen molar-refractivity contribution in [1.29, 1.82) is 0 Å². The summed E-state index contributed by atoms with van der Waals surface area (Å²) in [5.41, 5.74) is 0.800. The van der Waals surface area contributed by atoms with E-state index in [1.54, 1.807) is 18.3 Å². The van der Waals surface area contributed by atoms with Crippen molar-refractivity contribution in [3.63, 3.8) is 0 Å². The van der Waals surface area contributed by atoms with Crippen LogP contribution in [0.3, 0.4) is 0 Å². The van der Waals surface area contributed by atoms with Crippen LogP contribution in [0.25, 0.3) is 5.82 Å². The Morgan fingerprint density at radius 3 is 3.00 bits per heavy atom. The lowest BCUT2D eigenvalue weighted by atomic mass is 10.3. The molecule has 0 aliphatic carbocycles. The number of aromatic amines is 1. The van der Waals surface area contributed by atoms with Gasteiger partial charge in [-0.3, -0.25) is 9.89 Å². The maximum Gasteiger partial charge on any atom is 0.272 e. The molecule has 2 aromatic heterocycles. The summed E-state index contributed by atoms with van der Waals surface area (Å²) in [7, 11) is 0. The van der Waals surface area contributed by atoms with Crippen molar-refractivity contribution in [1.82, 2.24) is 19.7 Å². The van der Waals surface area contributed by atoms with Gasteiger partial charge in [-0.1, -0.05) is 6.92 Å². The quantitative estimate of drug-likeness (QED) is 0.750. The third kappa shape index (κ3) is 1.44. The summed E-state index contributed by atoms with van der Waals surface area (Å²) in [5, 5.41) is 2.96. The van der Waals surface area contributed by atoms with Gasteiger partial charge in [-0.2, -0.15) is 0 Å². The Labute approximate surface area is 80.4 Å². The molecule has 0 aliphatic rings. The lowest BCUT2D eigenvalue weighted by molar-refractivity contribution is 0.790. The van der Waals surface area contributed by atoms with Gasteiger partial charge in [0.25, 0.3) is 5.56 Å². The molecule has 0 saturated carbocycles. The van der Waals surface area contributed by atoms with Gasteiger partial charge >= 0.3 is 0 Å². The number of rotatable bonds is 2. The number of nitrogens with one attached hydrogen (secondary N) is 1. The van der Waals surface area contributed by atoms with Crippen molar-refractivity contribution in [3.8, 4) is 5.82 Å². The molecule has 2 rings (SSSR count). The second-order valence-corrected chi connectivity index (χ2v) is 2.88. The molecule has 0 saturated heterocycles. The van der Waals surface area contributed by atoms with Crippen molar-refractivity contribution in [3.05, 3.63) is 40.7 Å². The van der Waals surface area contributed by atoms with E-state index in [1.807, 2.05) is 6.92 Å². The zero-order chi connectivity index (χ0) is 9.97. The fraction of sp³-hybridized carbons (Fsp3) is 0.222. The highest BCUT2D eigenvalue weighted by atomic mass is 16.1. The minimum atomic E-state index is -0.0967. The minimum Gasteiger partial charge on any atom is -0.294 e. The molecule has 0 amide bonds. The lowest BCUT2D eigenvalue weighted by Gasteiger charge is -1.98. The van der Waals surface area contributed by atoms with Crippen molar-refractivity contribution in [2.24, 2.45) is 0 Å². The number of aryl methyl sites for hydroxylation is 1. The van der Waals surface area contributed by atoms with E-state index < -0.39 is 0 Å². The van der Waals surface area contributed by atoms with E-state index in [2.05, 4.69) is 15.1 Å². The van der Waals surface area contributed by atoms with E-state index in [0.717, 1.165) is 12.1 Å². The van der Waals surface area contributed by atoms with Gasteiger partial charge in [0.05, 0.1) is 0 Å². The lowest BCUT2D eigenvalue weighted by Crippen LogP contribution is -2.14. The highest BCUT2D eigenvalue weighted by Crippen LogP contribution is 1.98.